The molecule has 0 unspecified atom stereocenters. The Hall–Kier alpha value is -0.460. The molecule has 0 aliphatic carbocycles. The quantitative estimate of drug-likeness (QED) is 0.921. The lowest BCUT2D eigenvalue weighted by Gasteiger charge is -2.19. The molecule has 0 bridgehead atoms. The van der Waals surface area contributed by atoms with Gasteiger partial charge in [-0.1, -0.05) is 0 Å². The zero-order valence-electron chi connectivity index (χ0n) is 10.0. The number of hydrogen-bond acceptors (Lipinski definition) is 5. The van der Waals surface area contributed by atoms with Crippen LogP contribution in [0.3, 0.4) is 0 Å². The number of thioether (sulfide) groups is 3. The van der Waals surface area contributed by atoms with Crippen molar-refractivity contribution in [2.24, 2.45) is 0 Å². The molecule has 1 fully saturated rings. The number of amides is 1. The average molecular weight is 301 g/mol. The molecule has 0 aromatic heterocycles. The summed E-state index contributed by atoms with van der Waals surface area (Å²) in [4.78, 5) is 12.0. The Morgan fingerprint density at radius 1 is 1.33 bits per heavy atom. The Balaban J connectivity index is 1.89. The zero-order valence-corrected chi connectivity index (χ0v) is 12.5. The van der Waals surface area contributed by atoms with Crippen LogP contribution in [0.5, 0.6) is 5.75 Å². The summed E-state index contributed by atoms with van der Waals surface area (Å²) in [5.41, 5.74) is 0.822. The molecule has 1 aromatic carbocycles. The van der Waals surface area contributed by atoms with Crippen LogP contribution in [0.4, 0.5) is 5.69 Å². The van der Waals surface area contributed by atoms with Crippen molar-refractivity contribution in [3.63, 3.8) is 0 Å². The van der Waals surface area contributed by atoms with Gasteiger partial charge in [-0.2, -0.15) is 0 Å². The van der Waals surface area contributed by atoms with Gasteiger partial charge < -0.3 is 10.1 Å². The highest BCUT2D eigenvalue weighted by atomic mass is 32.3. The van der Waals surface area contributed by atoms with Gasteiger partial charge in [0, 0.05) is 15.9 Å². The predicted octanol–water partition coefficient (Wildman–Crippen LogP) is 3.48. The first kappa shape index (κ1) is 14.0. The minimum Gasteiger partial charge on any atom is -0.494 e. The van der Waals surface area contributed by atoms with Crippen molar-refractivity contribution in [3.05, 3.63) is 24.3 Å². The number of hydrogen-bond donors (Lipinski definition) is 1. The third kappa shape index (κ3) is 4.03. The van der Waals surface area contributed by atoms with Gasteiger partial charge in [0.1, 0.15) is 10.3 Å². The van der Waals surface area contributed by atoms with Crippen LogP contribution in [-0.4, -0.2) is 27.3 Å². The Kier molecular flexibility index (Phi) is 5.59. The lowest BCUT2D eigenvalue weighted by Crippen LogP contribution is -2.24. The molecule has 1 N–H and O–H groups in total. The second-order valence-corrected chi connectivity index (χ2v) is 7.75. The van der Waals surface area contributed by atoms with Crippen molar-refractivity contribution in [1.82, 2.24) is 0 Å². The van der Waals surface area contributed by atoms with Crippen LogP contribution < -0.4 is 10.1 Å². The van der Waals surface area contributed by atoms with Crippen molar-refractivity contribution in [1.29, 1.82) is 0 Å². The van der Waals surface area contributed by atoms with Crippen LogP contribution in [0, 0.1) is 0 Å². The molecule has 1 heterocycles. The number of benzene rings is 1. The standard InChI is InChI=1S/C12H15NO2S3/c1-2-15-10-5-3-9(4-6-10)13-11(14)12-17-7-16-8-18-12/h3-6,12H,2,7-8H2,1H3,(H,13,14). The molecule has 3 nitrogen and oxygen atoms in total. The van der Waals surface area contributed by atoms with Gasteiger partial charge in [-0.15, -0.1) is 35.3 Å². The van der Waals surface area contributed by atoms with E-state index in [1.54, 1.807) is 23.5 Å². The van der Waals surface area contributed by atoms with Crippen LogP contribution in [0.1, 0.15) is 6.92 Å². The lowest BCUT2D eigenvalue weighted by molar-refractivity contribution is -0.114. The molecule has 1 aliphatic heterocycles. The fourth-order valence-corrected chi connectivity index (χ4v) is 5.90. The predicted molar refractivity (Wildman–Crippen MR) is 82.5 cm³/mol. The van der Waals surface area contributed by atoms with E-state index in [0.717, 1.165) is 21.6 Å². The molecule has 1 aromatic rings. The van der Waals surface area contributed by atoms with Crippen molar-refractivity contribution in [2.75, 3.05) is 22.1 Å². The summed E-state index contributed by atoms with van der Waals surface area (Å²) in [6.07, 6.45) is 0. The van der Waals surface area contributed by atoms with E-state index in [1.807, 2.05) is 43.0 Å². The van der Waals surface area contributed by atoms with Crippen LogP contribution in [0.25, 0.3) is 0 Å². The first-order chi connectivity index (χ1) is 8.79. The van der Waals surface area contributed by atoms with Crippen LogP contribution in [0.15, 0.2) is 24.3 Å². The highest BCUT2D eigenvalue weighted by Gasteiger charge is 2.22. The zero-order chi connectivity index (χ0) is 12.8. The summed E-state index contributed by atoms with van der Waals surface area (Å²) in [7, 11) is 0. The summed E-state index contributed by atoms with van der Waals surface area (Å²) in [6, 6.07) is 7.48. The number of carbonyl (C=O) groups is 1. The maximum absolute atomic E-state index is 12.0. The maximum Gasteiger partial charge on any atom is 0.247 e. The average Bonchev–Trinajstić information content (AvgIpc) is 2.42. The van der Waals surface area contributed by atoms with Gasteiger partial charge in [-0.05, 0) is 31.2 Å². The fourth-order valence-electron chi connectivity index (χ4n) is 1.46. The number of ether oxygens (including phenoxy) is 1. The Labute approximate surface area is 120 Å². The molecule has 0 saturated carbocycles. The van der Waals surface area contributed by atoms with Gasteiger partial charge in [0.05, 0.1) is 6.61 Å². The van der Waals surface area contributed by atoms with E-state index in [4.69, 9.17) is 4.74 Å². The number of anilines is 1. The molecule has 2 rings (SSSR count). The fraction of sp³-hybridized carbons (Fsp3) is 0.417. The second kappa shape index (κ2) is 7.21. The Morgan fingerprint density at radius 3 is 2.61 bits per heavy atom. The molecular weight excluding hydrogens is 286 g/mol. The summed E-state index contributed by atoms with van der Waals surface area (Å²) in [5, 5.41) is 4.92. The number of rotatable bonds is 4. The Morgan fingerprint density at radius 2 is 2.00 bits per heavy atom. The molecule has 0 spiro atoms. The minimum absolute atomic E-state index is 0.0119. The van der Waals surface area contributed by atoms with Crippen LogP contribution in [0.2, 0.25) is 0 Å². The second-order valence-electron chi connectivity index (χ2n) is 3.55. The van der Waals surface area contributed by atoms with Crippen LogP contribution >= 0.6 is 35.3 Å². The molecule has 0 radical (unpaired) electrons. The SMILES string of the molecule is CCOc1ccc(NC(=O)C2SCSCS2)cc1. The van der Waals surface area contributed by atoms with Gasteiger partial charge >= 0.3 is 0 Å². The molecule has 1 aliphatic rings. The van der Waals surface area contributed by atoms with E-state index in [1.165, 1.54) is 0 Å². The minimum atomic E-state index is 0.0119. The summed E-state index contributed by atoms with van der Waals surface area (Å²) < 4.78 is 5.37. The first-order valence-electron chi connectivity index (χ1n) is 5.64. The highest BCUT2D eigenvalue weighted by molar-refractivity contribution is 8.33. The third-order valence-corrected chi connectivity index (χ3v) is 6.52. The normalized spacial score (nSPS) is 16.3. The number of carbonyl (C=O) groups excluding carboxylic acids is 1. The van der Waals surface area contributed by atoms with Crippen molar-refractivity contribution in [2.45, 2.75) is 11.5 Å². The van der Waals surface area contributed by atoms with E-state index < -0.39 is 0 Å². The van der Waals surface area contributed by atoms with Crippen molar-refractivity contribution >= 4 is 46.9 Å². The third-order valence-electron chi connectivity index (χ3n) is 2.25. The van der Waals surface area contributed by atoms with E-state index in [9.17, 15) is 4.79 Å². The summed E-state index contributed by atoms with van der Waals surface area (Å²) >= 11 is 5.24. The summed E-state index contributed by atoms with van der Waals surface area (Å²) in [5.74, 6) is 0.905. The molecule has 18 heavy (non-hydrogen) atoms. The molecular formula is C12H15NO2S3. The topological polar surface area (TPSA) is 38.3 Å². The molecule has 1 saturated heterocycles. The van der Waals surface area contributed by atoms with Crippen molar-refractivity contribution in [3.8, 4) is 5.75 Å². The number of nitrogens with one attached hydrogen (secondary N) is 1. The van der Waals surface area contributed by atoms with Crippen molar-refractivity contribution < 1.29 is 9.53 Å². The molecule has 98 valence electrons. The molecule has 6 heteroatoms. The van der Waals surface area contributed by atoms with Crippen LogP contribution in [-0.2, 0) is 4.79 Å². The Bertz CT molecular complexity index is 391. The van der Waals surface area contributed by atoms with Gasteiger partial charge in [-0.25, -0.2) is 0 Å². The van der Waals surface area contributed by atoms with Gasteiger partial charge in [0.25, 0.3) is 0 Å². The van der Waals surface area contributed by atoms with Gasteiger partial charge in [0.2, 0.25) is 5.91 Å². The van der Waals surface area contributed by atoms with E-state index >= 15 is 0 Å². The first-order valence-corrected chi connectivity index (χ1v) is 8.89. The summed E-state index contributed by atoms with van der Waals surface area (Å²) in [6.45, 7) is 2.60. The highest BCUT2D eigenvalue weighted by Crippen LogP contribution is 2.36. The van der Waals surface area contributed by atoms with E-state index in [0.29, 0.717) is 6.61 Å². The maximum atomic E-state index is 12.0. The monoisotopic (exact) mass is 301 g/mol. The molecule has 0 atom stereocenters. The van der Waals surface area contributed by atoms with Gasteiger partial charge in [-0.3, -0.25) is 4.79 Å². The van der Waals surface area contributed by atoms with Gasteiger partial charge in [0.15, 0.2) is 0 Å². The molecule has 1 amide bonds. The smallest absolute Gasteiger partial charge is 0.247 e. The van der Waals surface area contributed by atoms with E-state index in [2.05, 4.69) is 5.32 Å². The lowest BCUT2D eigenvalue weighted by atomic mass is 10.3. The largest absolute Gasteiger partial charge is 0.494 e. The van der Waals surface area contributed by atoms with E-state index in [-0.39, 0.29) is 10.5 Å².